The Labute approximate surface area is 164 Å². The molecule has 0 bridgehead atoms. The van der Waals surface area contributed by atoms with Crippen LogP contribution in [0.15, 0.2) is 24.3 Å². The van der Waals surface area contributed by atoms with E-state index in [0.717, 1.165) is 11.3 Å². The van der Waals surface area contributed by atoms with E-state index < -0.39 is 9.84 Å². The van der Waals surface area contributed by atoms with Gasteiger partial charge in [-0.1, -0.05) is 0 Å². The Morgan fingerprint density at radius 2 is 2.07 bits per heavy atom. The summed E-state index contributed by atoms with van der Waals surface area (Å²) in [7, 11) is 0.135. The van der Waals surface area contributed by atoms with Gasteiger partial charge >= 0.3 is 0 Å². The largest absolute Gasteiger partial charge is 0.497 e. The Balaban J connectivity index is 1.68. The summed E-state index contributed by atoms with van der Waals surface area (Å²) < 4.78 is 35.8. The number of anilines is 1. The van der Waals surface area contributed by atoms with Crippen molar-refractivity contribution in [1.82, 2.24) is 9.78 Å². The van der Waals surface area contributed by atoms with Crippen molar-refractivity contribution in [2.24, 2.45) is 0 Å². The summed E-state index contributed by atoms with van der Waals surface area (Å²) in [6.07, 6.45) is 1.24. The minimum absolute atomic E-state index is 0.0536. The van der Waals surface area contributed by atoms with E-state index in [-0.39, 0.29) is 29.9 Å². The second-order valence-electron chi connectivity index (χ2n) is 6.90. The number of rotatable bonds is 7. The first-order valence-electron chi connectivity index (χ1n) is 9.08. The van der Waals surface area contributed by atoms with Crippen LogP contribution in [0.5, 0.6) is 11.5 Å². The topological polar surface area (TPSA) is 99.5 Å². The van der Waals surface area contributed by atoms with E-state index >= 15 is 0 Å². The zero-order valence-electron chi connectivity index (χ0n) is 16.3. The van der Waals surface area contributed by atoms with Crippen molar-refractivity contribution >= 4 is 21.6 Å². The monoisotopic (exact) mass is 407 g/mol. The van der Waals surface area contributed by atoms with Crippen molar-refractivity contribution in [3.05, 3.63) is 35.5 Å². The lowest BCUT2D eigenvalue weighted by molar-refractivity contribution is -0.116. The van der Waals surface area contributed by atoms with Gasteiger partial charge in [-0.3, -0.25) is 4.79 Å². The van der Waals surface area contributed by atoms with Gasteiger partial charge in [0.25, 0.3) is 0 Å². The minimum atomic E-state index is -3.04. The maximum absolute atomic E-state index is 12.5. The summed E-state index contributed by atoms with van der Waals surface area (Å²) in [6, 6.07) is 6.98. The van der Waals surface area contributed by atoms with Gasteiger partial charge in [0, 0.05) is 12.5 Å². The third kappa shape index (κ3) is 4.64. The number of sulfone groups is 1. The number of amides is 1. The maximum Gasteiger partial charge on any atom is 0.225 e. The number of ether oxygens (including phenoxy) is 2. The number of methoxy groups -OCH3 is 2. The zero-order chi connectivity index (χ0) is 20.3. The smallest absolute Gasteiger partial charge is 0.225 e. The molecule has 28 heavy (non-hydrogen) atoms. The Morgan fingerprint density at radius 3 is 2.71 bits per heavy atom. The summed E-state index contributed by atoms with van der Waals surface area (Å²) in [4.78, 5) is 12.5. The van der Waals surface area contributed by atoms with Crippen LogP contribution in [0, 0.1) is 6.92 Å². The summed E-state index contributed by atoms with van der Waals surface area (Å²) >= 11 is 0. The summed E-state index contributed by atoms with van der Waals surface area (Å²) in [6.45, 7) is 1.82. The van der Waals surface area contributed by atoms with Gasteiger partial charge in [-0.05, 0) is 43.5 Å². The molecule has 152 valence electrons. The summed E-state index contributed by atoms with van der Waals surface area (Å²) in [5.74, 6) is 1.96. The van der Waals surface area contributed by atoms with Gasteiger partial charge in [0.15, 0.2) is 9.84 Å². The number of aromatic nitrogens is 2. The number of carbonyl (C=O) groups excluding carboxylic acids is 1. The molecular formula is C19H25N3O5S. The first kappa shape index (κ1) is 20.2. The van der Waals surface area contributed by atoms with Crippen molar-refractivity contribution in [2.75, 3.05) is 31.0 Å². The van der Waals surface area contributed by atoms with E-state index in [2.05, 4.69) is 10.4 Å². The van der Waals surface area contributed by atoms with Crippen LogP contribution in [-0.4, -0.2) is 49.8 Å². The fourth-order valence-corrected chi connectivity index (χ4v) is 5.08. The molecule has 1 N–H and O–H groups in total. The SMILES string of the molecule is COc1ccc(OC)c(CCC(=O)Nc2cc(C)nn2C2CCS(=O)(=O)C2)c1. The number of aryl methyl sites for hydroxylation is 2. The van der Waals surface area contributed by atoms with Gasteiger partial charge in [-0.2, -0.15) is 5.10 Å². The number of nitrogens with zero attached hydrogens (tertiary/aromatic N) is 2. The van der Waals surface area contributed by atoms with Crippen molar-refractivity contribution in [2.45, 2.75) is 32.2 Å². The lowest BCUT2D eigenvalue weighted by Crippen LogP contribution is -2.19. The van der Waals surface area contributed by atoms with Crippen LogP contribution in [0.3, 0.4) is 0 Å². The molecule has 1 saturated heterocycles. The highest BCUT2D eigenvalue weighted by Gasteiger charge is 2.31. The van der Waals surface area contributed by atoms with Crippen molar-refractivity contribution in [1.29, 1.82) is 0 Å². The fourth-order valence-electron chi connectivity index (χ4n) is 3.39. The number of nitrogens with one attached hydrogen (secondary N) is 1. The third-order valence-corrected chi connectivity index (χ3v) is 6.54. The Morgan fingerprint density at radius 1 is 1.29 bits per heavy atom. The normalized spacial score (nSPS) is 18.0. The van der Waals surface area contributed by atoms with Crippen LogP contribution in [0.4, 0.5) is 5.82 Å². The molecule has 0 saturated carbocycles. The van der Waals surface area contributed by atoms with E-state index in [0.29, 0.717) is 30.2 Å². The maximum atomic E-state index is 12.5. The van der Waals surface area contributed by atoms with E-state index in [9.17, 15) is 13.2 Å². The molecule has 1 amide bonds. The molecule has 2 aromatic rings. The molecule has 1 aliphatic heterocycles. The van der Waals surface area contributed by atoms with Gasteiger partial charge < -0.3 is 14.8 Å². The quantitative estimate of drug-likeness (QED) is 0.755. The molecular weight excluding hydrogens is 382 g/mol. The van der Waals surface area contributed by atoms with Gasteiger partial charge in [0.2, 0.25) is 5.91 Å². The van der Waals surface area contributed by atoms with Crippen molar-refractivity contribution in [3.63, 3.8) is 0 Å². The van der Waals surface area contributed by atoms with Gasteiger partial charge in [-0.25, -0.2) is 13.1 Å². The molecule has 1 fully saturated rings. The van der Waals surface area contributed by atoms with Gasteiger partial charge in [0.1, 0.15) is 17.3 Å². The third-order valence-electron chi connectivity index (χ3n) is 4.79. The number of hydrogen-bond donors (Lipinski definition) is 1. The summed E-state index contributed by atoms with van der Waals surface area (Å²) in [5.41, 5.74) is 1.61. The molecule has 1 aliphatic rings. The second kappa shape index (κ2) is 8.22. The first-order valence-corrected chi connectivity index (χ1v) is 10.9. The molecule has 1 aromatic heterocycles. The van der Waals surface area contributed by atoms with Crippen LogP contribution in [0.1, 0.15) is 30.1 Å². The molecule has 2 heterocycles. The Kier molecular flexibility index (Phi) is 5.93. The lowest BCUT2D eigenvalue weighted by Gasteiger charge is -2.14. The highest BCUT2D eigenvalue weighted by molar-refractivity contribution is 7.91. The van der Waals surface area contributed by atoms with Crippen LogP contribution < -0.4 is 14.8 Å². The molecule has 0 spiro atoms. The van der Waals surface area contributed by atoms with Crippen LogP contribution in [-0.2, 0) is 21.1 Å². The van der Waals surface area contributed by atoms with E-state index in [4.69, 9.17) is 9.47 Å². The van der Waals surface area contributed by atoms with E-state index in [1.54, 1.807) is 31.0 Å². The van der Waals surface area contributed by atoms with Crippen LogP contribution in [0.2, 0.25) is 0 Å². The number of hydrogen-bond acceptors (Lipinski definition) is 6. The standard InChI is InChI=1S/C19H25N3O5S/c1-13-10-18(22(21-13)15-8-9-28(24,25)12-15)20-19(23)7-4-14-11-16(26-2)5-6-17(14)27-3/h5-6,10-11,15H,4,7-9,12H2,1-3H3,(H,20,23). The van der Waals surface area contributed by atoms with E-state index in [1.807, 2.05) is 19.1 Å². The zero-order valence-corrected chi connectivity index (χ0v) is 17.1. The summed E-state index contributed by atoms with van der Waals surface area (Å²) in [5, 5.41) is 7.25. The molecule has 1 aromatic carbocycles. The minimum Gasteiger partial charge on any atom is -0.497 e. The number of carbonyl (C=O) groups is 1. The molecule has 8 nitrogen and oxygen atoms in total. The predicted molar refractivity (Wildman–Crippen MR) is 106 cm³/mol. The lowest BCUT2D eigenvalue weighted by atomic mass is 10.1. The van der Waals surface area contributed by atoms with Gasteiger partial charge in [0.05, 0.1) is 37.5 Å². The molecule has 1 unspecified atom stereocenters. The van der Waals surface area contributed by atoms with Crippen molar-refractivity contribution < 1.29 is 22.7 Å². The Bertz CT molecular complexity index is 968. The molecule has 3 rings (SSSR count). The van der Waals surface area contributed by atoms with Crippen LogP contribution >= 0.6 is 0 Å². The molecule has 9 heteroatoms. The highest BCUT2D eigenvalue weighted by Crippen LogP contribution is 2.28. The Hall–Kier alpha value is -2.55. The highest BCUT2D eigenvalue weighted by atomic mass is 32.2. The van der Waals surface area contributed by atoms with E-state index in [1.165, 1.54) is 0 Å². The van der Waals surface area contributed by atoms with Gasteiger partial charge in [-0.15, -0.1) is 0 Å². The molecule has 0 radical (unpaired) electrons. The molecule has 0 aliphatic carbocycles. The average molecular weight is 407 g/mol. The first-order chi connectivity index (χ1) is 13.3. The fraction of sp³-hybridized carbons (Fsp3) is 0.474. The predicted octanol–water partition coefficient (Wildman–Crippen LogP) is 2.14. The average Bonchev–Trinajstić information content (AvgIpc) is 3.20. The van der Waals surface area contributed by atoms with Crippen molar-refractivity contribution in [3.8, 4) is 11.5 Å². The molecule has 1 atom stereocenters. The number of benzene rings is 1. The van der Waals surface area contributed by atoms with Crippen LogP contribution in [0.25, 0.3) is 0 Å². The second-order valence-corrected chi connectivity index (χ2v) is 9.13.